The Kier molecular flexibility index (Phi) is 5.50. The topological polar surface area (TPSA) is 115 Å². The number of nitro benzene ring substituents is 1. The predicted octanol–water partition coefficient (Wildman–Crippen LogP) is 3.19. The van der Waals surface area contributed by atoms with Crippen LogP contribution < -0.4 is 10.1 Å². The third-order valence-corrected chi connectivity index (χ3v) is 4.12. The van der Waals surface area contributed by atoms with Gasteiger partial charge in [-0.1, -0.05) is 12.1 Å². The molecular formula is C20H17N3O5. The van der Waals surface area contributed by atoms with E-state index in [-0.39, 0.29) is 28.2 Å². The lowest BCUT2D eigenvalue weighted by molar-refractivity contribution is -0.383. The first-order valence-corrected chi connectivity index (χ1v) is 8.33. The second kappa shape index (κ2) is 8.17. The highest BCUT2D eigenvalue weighted by Gasteiger charge is 2.17. The lowest BCUT2D eigenvalue weighted by Gasteiger charge is -2.06. The number of aromatic hydroxyl groups is 1. The van der Waals surface area contributed by atoms with Gasteiger partial charge in [0.25, 0.3) is 5.69 Å². The van der Waals surface area contributed by atoms with Gasteiger partial charge in [0, 0.05) is 24.9 Å². The molecule has 0 fully saturated rings. The SMILES string of the molecule is COc1ccc(CNC(=O)C=Cc2ccnc3c(O)ccc([N+](=O)[O-])c23)cc1. The van der Waals surface area contributed by atoms with Crippen LogP contribution in [0.25, 0.3) is 17.0 Å². The van der Waals surface area contributed by atoms with Gasteiger partial charge in [0.15, 0.2) is 0 Å². The predicted molar refractivity (Wildman–Crippen MR) is 104 cm³/mol. The van der Waals surface area contributed by atoms with E-state index in [2.05, 4.69) is 10.3 Å². The van der Waals surface area contributed by atoms with Crippen LogP contribution in [-0.4, -0.2) is 28.0 Å². The number of nitrogens with zero attached hydrogens (tertiary/aromatic N) is 2. The highest BCUT2D eigenvalue weighted by Crippen LogP contribution is 2.33. The Balaban J connectivity index is 1.79. The Morgan fingerprint density at radius 1 is 1.25 bits per heavy atom. The van der Waals surface area contributed by atoms with Crippen LogP contribution in [0.1, 0.15) is 11.1 Å². The van der Waals surface area contributed by atoms with E-state index in [9.17, 15) is 20.0 Å². The van der Waals surface area contributed by atoms with Crippen molar-refractivity contribution in [2.24, 2.45) is 0 Å². The fourth-order valence-corrected chi connectivity index (χ4v) is 2.71. The van der Waals surface area contributed by atoms with Crippen LogP contribution in [0.5, 0.6) is 11.5 Å². The maximum Gasteiger partial charge on any atom is 0.279 e. The largest absolute Gasteiger partial charge is 0.506 e. The summed E-state index contributed by atoms with van der Waals surface area (Å²) in [7, 11) is 1.58. The van der Waals surface area contributed by atoms with Gasteiger partial charge in [-0.05, 0) is 41.5 Å². The molecule has 0 bridgehead atoms. The average molecular weight is 379 g/mol. The summed E-state index contributed by atoms with van der Waals surface area (Å²) in [5, 5.41) is 24.1. The molecule has 0 aliphatic heterocycles. The first kappa shape index (κ1) is 18.8. The van der Waals surface area contributed by atoms with Crippen molar-refractivity contribution >= 4 is 28.6 Å². The molecular weight excluding hydrogens is 362 g/mol. The summed E-state index contributed by atoms with van der Waals surface area (Å²) in [5.41, 5.74) is 1.22. The summed E-state index contributed by atoms with van der Waals surface area (Å²) in [6.45, 7) is 0.325. The molecule has 8 nitrogen and oxygen atoms in total. The molecule has 0 spiro atoms. The number of hydrogen-bond acceptors (Lipinski definition) is 6. The van der Waals surface area contributed by atoms with Gasteiger partial charge in [-0.25, -0.2) is 0 Å². The summed E-state index contributed by atoms with van der Waals surface area (Å²) in [6.07, 6.45) is 4.16. The van der Waals surface area contributed by atoms with Gasteiger partial charge in [0.2, 0.25) is 5.91 Å². The number of phenolic OH excluding ortho intramolecular Hbond substituents is 1. The molecule has 28 heavy (non-hydrogen) atoms. The minimum atomic E-state index is -0.551. The van der Waals surface area contributed by atoms with E-state index in [0.717, 1.165) is 11.3 Å². The second-order valence-corrected chi connectivity index (χ2v) is 5.88. The van der Waals surface area contributed by atoms with Crippen molar-refractivity contribution in [3.63, 3.8) is 0 Å². The molecule has 0 atom stereocenters. The summed E-state index contributed by atoms with van der Waals surface area (Å²) < 4.78 is 5.08. The Morgan fingerprint density at radius 2 is 2.00 bits per heavy atom. The average Bonchev–Trinajstić information content (AvgIpc) is 2.71. The van der Waals surface area contributed by atoms with Crippen LogP contribution in [0.3, 0.4) is 0 Å². The van der Waals surface area contributed by atoms with Crippen molar-refractivity contribution in [3.05, 3.63) is 76.0 Å². The third kappa shape index (κ3) is 4.07. The second-order valence-electron chi connectivity index (χ2n) is 5.88. The molecule has 0 radical (unpaired) electrons. The minimum absolute atomic E-state index is 0.106. The van der Waals surface area contributed by atoms with Gasteiger partial charge in [0.05, 0.1) is 17.4 Å². The van der Waals surface area contributed by atoms with Crippen LogP contribution in [0.2, 0.25) is 0 Å². The number of pyridine rings is 1. The molecule has 3 aromatic rings. The number of methoxy groups -OCH3 is 1. The third-order valence-electron chi connectivity index (χ3n) is 4.12. The van der Waals surface area contributed by atoms with Crippen molar-refractivity contribution < 1.29 is 19.6 Å². The summed E-state index contributed by atoms with van der Waals surface area (Å²) >= 11 is 0. The van der Waals surface area contributed by atoms with Gasteiger partial charge in [-0.3, -0.25) is 19.9 Å². The van der Waals surface area contributed by atoms with E-state index in [1.165, 1.54) is 30.5 Å². The molecule has 0 unspecified atom stereocenters. The Hall–Kier alpha value is -3.94. The molecule has 8 heteroatoms. The Bertz CT molecular complexity index is 1060. The number of carbonyl (C=O) groups excluding carboxylic acids is 1. The molecule has 0 saturated carbocycles. The molecule has 0 aliphatic carbocycles. The molecule has 1 amide bonds. The molecule has 0 saturated heterocycles. The number of hydrogen-bond donors (Lipinski definition) is 2. The first-order valence-electron chi connectivity index (χ1n) is 8.33. The monoisotopic (exact) mass is 379 g/mol. The fraction of sp³-hybridized carbons (Fsp3) is 0.100. The van der Waals surface area contributed by atoms with Gasteiger partial charge in [-0.2, -0.15) is 0 Å². The standard InChI is InChI=1S/C20H17N3O5/c1-28-15-5-2-13(3-6-15)12-22-18(25)9-4-14-10-11-21-20-17(24)8-7-16(19(14)20)23(26)27/h2-11,24H,12H2,1H3,(H,22,25). The fourth-order valence-electron chi connectivity index (χ4n) is 2.71. The van der Waals surface area contributed by atoms with E-state index < -0.39 is 4.92 Å². The Morgan fingerprint density at radius 3 is 2.68 bits per heavy atom. The van der Waals surface area contributed by atoms with E-state index in [0.29, 0.717) is 12.1 Å². The normalized spacial score (nSPS) is 10.9. The molecule has 2 N–H and O–H groups in total. The van der Waals surface area contributed by atoms with Crippen LogP contribution >= 0.6 is 0 Å². The smallest absolute Gasteiger partial charge is 0.279 e. The molecule has 2 aromatic carbocycles. The van der Waals surface area contributed by atoms with E-state index >= 15 is 0 Å². The van der Waals surface area contributed by atoms with Gasteiger partial charge >= 0.3 is 0 Å². The number of ether oxygens (including phenoxy) is 1. The number of amides is 1. The van der Waals surface area contributed by atoms with Crippen molar-refractivity contribution in [2.45, 2.75) is 6.54 Å². The number of fused-ring (bicyclic) bond motifs is 1. The highest BCUT2D eigenvalue weighted by atomic mass is 16.6. The molecule has 0 aliphatic rings. The first-order chi connectivity index (χ1) is 13.5. The molecule has 142 valence electrons. The zero-order valence-electron chi connectivity index (χ0n) is 15.0. The number of nitrogens with one attached hydrogen (secondary N) is 1. The van der Waals surface area contributed by atoms with Crippen molar-refractivity contribution in [1.82, 2.24) is 10.3 Å². The Labute approximate surface area is 160 Å². The van der Waals surface area contributed by atoms with Gasteiger partial charge in [-0.15, -0.1) is 0 Å². The van der Waals surface area contributed by atoms with Gasteiger partial charge in [0.1, 0.15) is 17.0 Å². The van der Waals surface area contributed by atoms with Crippen LogP contribution in [0.15, 0.2) is 54.7 Å². The number of non-ortho nitro benzene ring substituents is 1. The highest BCUT2D eigenvalue weighted by molar-refractivity contribution is 6.01. The zero-order chi connectivity index (χ0) is 20.1. The molecule has 1 aromatic heterocycles. The minimum Gasteiger partial charge on any atom is -0.506 e. The number of aromatic nitrogens is 1. The number of phenols is 1. The number of benzene rings is 2. The quantitative estimate of drug-likeness (QED) is 0.386. The maximum atomic E-state index is 12.1. The maximum absolute atomic E-state index is 12.1. The van der Waals surface area contributed by atoms with Crippen LogP contribution in [-0.2, 0) is 11.3 Å². The summed E-state index contributed by atoms with van der Waals surface area (Å²) in [4.78, 5) is 26.9. The van der Waals surface area contributed by atoms with Gasteiger partial charge < -0.3 is 15.2 Å². The molecule has 3 rings (SSSR count). The summed E-state index contributed by atoms with van der Waals surface area (Å²) in [6, 6.07) is 11.2. The lowest BCUT2D eigenvalue weighted by atomic mass is 10.1. The van der Waals surface area contributed by atoms with E-state index in [4.69, 9.17) is 4.74 Å². The number of carbonyl (C=O) groups is 1. The van der Waals surface area contributed by atoms with Crippen molar-refractivity contribution in [1.29, 1.82) is 0 Å². The van der Waals surface area contributed by atoms with E-state index in [1.807, 2.05) is 12.1 Å². The van der Waals surface area contributed by atoms with E-state index in [1.54, 1.807) is 25.3 Å². The van der Waals surface area contributed by atoms with Crippen LogP contribution in [0, 0.1) is 10.1 Å². The lowest BCUT2D eigenvalue weighted by Crippen LogP contribution is -2.20. The van der Waals surface area contributed by atoms with Crippen molar-refractivity contribution in [3.8, 4) is 11.5 Å². The number of nitro groups is 1. The van der Waals surface area contributed by atoms with Crippen LogP contribution in [0.4, 0.5) is 5.69 Å². The number of rotatable bonds is 6. The summed E-state index contributed by atoms with van der Waals surface area (Å²) in [5.74, 6) is 0.202. The molecule has 1 heterocycles. The van der Waals surface area contributed by atoms with Crippen molar-refractivity contribution in [2.75, 3.05) is 7.11 Å². The zero-order valence-corrected chi connectivity index (χ0v) is 15.0.